The lowest BCUT2D eigenvalue weighted by Gasteiger charge is -2.23. The maximum atomic E-state index is 11.4. The molecule has 0 aromatic carbocycles. The van der Waals surface area contributed by atoms with E-state index in [9.17, 15) is 4.79 Å². The van der Waals surface area contributed by atoms with Gasteiger partial charge in [-0.2, -0.15) is 0 Å². The predicted octanol–water partition coefficient (Wildman–Crippen LogP) is 2.74. The zero-order valence-electron chi connectivity index (χ0n) is 10.7. The Balaban J connectivity index is 4.48. The summed E-state index contributed by atoms with van der Waals surface area (Å²) < 4.78 is 10.1. The smallest absolute Gasteiger partial charge is 0.415 e. The molecule has 0 aliphatic rings. The lowest BCUT2D eigenvalue weighted by atomic mass is 10.1. The van der Waals surface area contributed by atoms with E-state index in [4.69, 9.17) is 9.47 Å². The molecule has 3 heteroatoms. The molecule has 0 N–H and O–H groups in total. The summed E-state index contributed by atoms with van der Waals surface area (Å²) >= 11 is 0. The Morgan fingerprint density at radius 3 is 1.44 bits per heavy atom. The molecule has 0 spiro atoms. The Morgan fingerprint density at radius 1 is 0.875 bits per heavy atom. The fourth-order valence-electron chi connectivity index (χ4n) is 1.09. The quantitative estimate of drug-likeness (QED) is 0.532. The van der Waals surface area contributed by atoms with Crippen molar-refractivity contribution in [2.24, 2.45) is 0 Å². The molecule has 0 fully saturated rings. The van der Waals surface area contributed by atoms with Crippen molar-refractivity contribution in [2.45, 2.75) is 52.7 Å². The van der Waals surface area contributed by atoms with Gasteiger partial charge in [-0.25, -0.2) is 4.79 Å². The number of hydrogen-bond donors (Lipinski definition) is 0. The highest BCUT2D eigenvalue weighted by Crippen LogP contribution is 2.14. The highest BCUT2D eigenvalue weighted by Gasteiger charge is 2.26. The van der Waals surface area contributed by atoms with E-state index in [2.05, 4.69) is 23.7 Å². The zero-order chi connectivity index (χ0) is 12.8. The largest absolute Gasteiger partial charge is 0.511 e. The van der Waals surface area contributed by atoms with Crippen molar-refractivity contribution < 1.29 is 14.3 Å². The number of rotatable bonds is 2. The lowest BCUT2D eigenvalue weighted by molar-refractivity contribution is -0.0230. The van der Waals surface area contributed by atoms with E-state index in [1.165, 1.54) is 0 Å². The van der Waals surface area contributed by atoms with E-state index in [1.54, 1.807) is 41.5 Å². The normalized spacial score (nSPS) is 10.4. The molecule has 0 atom stereocenters. The Hall–Kier alpha value is -1.61. The molecule has 0 unspecified atom stereocenters. The van der Waals surface area contributed by atoms with Gasteiger partial charge < -0.3 is 9.47 Å². The topological polar surface area (TPSA) is 35.5 Å². The molecule has 0 aliphatic carbocycles. The lowest BCUT2D eigenvalue weighted by Crippen LogP contribution is -2.32. The molecule has 0 heterocycles. The zero-order valence-corrected chi connectivity index (χ0v) is 10.7. The van der Waals surface area contributed by atoms with Crippen LogP contribution in [0.2, 0.25) is 0 Å². The summed E-state index contributed by atoms with van der Waals surface area (Å²) in [6.45, 7) is 10.2. The van der Waals surface area contributed by atoms with Crippen molar-refractivity contribution in [1.82, 2.24) is 0 Å². The second-order valence-electron chi connectivity index (χ2n) is 4.22. The van der Waals surface area contributed by atoms with Gasteiger partial charge in [0.15, 0.2) is 11.2 Å². The summed E-state index contributed by atoms with van der Waals surface area (Å²) in [6.07, 6.45) is -0.763. The molecule has 3 nitrogen and oxygen atoms in total. The fraction of sp³-hybridized carbons (Fsp3) is 0.615. The highest BCUT2D eigenvalue weighted by molar-refractivity contribution is 5.62. The summed E-state index contributed by atoms with van der Waals surface area (Å²) in [6, 6.07) is 0. The van der Waals surface area contributed by atoms with Gasteiger partial charge in [0.05, 0.1) is 0 Å². The first-order valence-corrected chi connectivity index (χ1v) is 5.02. The molecule has 16 heavy (non-hydrogen) atoms. The minimum Gasteiger partial charge on any atom is -0.415 e. The van der Waals surface area contributed by atoms with E-state index in [-0.39, 0.29) is 0 Å². The van der Waals surface area contributed by atoms with E-state index in [1.807, 2.05) is 0 Å². The van der Waals surface area contributed by atoms with Crippen molar-refractivity contribution in [3.63, 3.8) is 0 Å². The van der Waals surface area contributed by atoms with Crippen molar-refractivity contribution >= 4 is 6.16 Å². The van der Waals surface area contributed by atoms with Crippen molar-refractivity contribution in [3.8, 4) is 23.7 Å². The SMILES string of the molecule is CC#CC(C)(C)OC(=O)OC(C)(C)C#CC. The van der Waals surface area contributed by atoms with Gasteiger partial charge in [-0.1, -0.05) is 11.8 Å². The molecule has 0 amide bonds. The van der Waals surface area contributed by atoms with Gasteiger partial charge in [-0.3, -0.25) is 0 Å². The average molecular weight is 222 g/mol. The van der Waals surface area contributed by atoms with Crippen LogP contribution in [0.3, 0.4) is 0 Å². The van der Waals surface area contributed by atoms with E-state index in [0.29, 0.717) is 0 Å². The van der Waals surface area contributed by atoms with E-state index in [0.717, 1.165) is 0 Å². The number of ether oxygens (including phenoxy) is 2. The van der Waals surface area contributed by atoms with Crippen LogP contribution in [0.5, 0.6) is 0 Å². The standard InChI is InChI=1S/C13H18O3/c1-7-9-12(3,4)15-11(14)16-13(5,6)10-8-2/h1-6H3. The molecule has 0 radical (unpaired) electrons. The Morgan fingerprint density at radius 2 is 1.19 bits per heavy atom. The molecule has 0 saturated heterocycles. The van der Waals surface area contributed by atoms with Crippen LogP contribution in [0, 0.1) is 23.7 Å². The average Bonchev–Trinajstić information content (AvgIpc) is 1.99. The summed E-state index contributed by atoms with van der Waals surface area (Å²) in [5.41, 5.74) is -1.69. The maximum absolute atomic E-state index is 11.4. The summed E-state index contributed by atoms with van der Waals surface area (Å²) in [5.74, 6) is 10.9. The van der Waals surface area contributed by atoms with Gasteiger partial charge in [0.1, 0.15) is 0 Å². The maximum Gasteiger partial charge on any atom is 0.511 e. The van der Waals surface area contributed by atoms with Gasteiger partial charge in [0, 0.05) is 0 Å². The third kappa shape index (κ3) is 5.98. The van der Waals surface area contributed by atoms with Gasteiger partial charge >= 0.3 is 6.16 Å². The number of hydrogen-bond acceptors (Lipinski definition) is 3. The molecule has 0 aromatic heterocycles. The van der Waals surface area contributed by atoms with Crippen LogP contribution in [0.1, 0.15) is 41.5 Å². The molecule has 0 bridgehead atoms. The molecule has 0 rings (SSSR count). The minimum atomic E-state index is -0.846. The summed E-state index contributed by atoms with van der Waals surface area (Å²) in [7, 11) is 0. The van der Waals surface area contributed by atoms with Gasteiger partial charge in [0.2, 0.25) is 0 Å². The van der Waals surface area contributed by atoms with Crippen molar-refractivity contribution in [1.29, 1.82) is 0 Å². The molecule has 0 saturated carbocycles. The summed E-state index contributed by atoms with van der Waals surface area (Å²) in [5, 5.41) is 0. The molecule has 88 valence electrons. The molecular weight excluding hydrogens is 204 g/mol. The monoisotopic (exact) mass is 222 g/mol. The summed E-state index contributed by atoms with van der Waals surface area (Å²) in [4.78, 5) is 11.4. The van der Waals surface area contributed by atoms with Crippen LogP contribution in [0.25, 0.3) is 0 Å². The van der Waals surface area contributed by atoms with E-state index >= 15 is 0 Å². The van der Waals surface area contributed by atoms with Crippen LogP contribution >= 0.6 is 0 Å². The third-order valence-corrected chi connectivity index (χ3v) is 1.53. The second kappa shape index (κ2) is 5.47. The first-order chi connectivity index (χ1) is 7.22. The van der Waals surface area contributed by atoms with Gasteiger partial charge in [0.25, 0.3) is 0 Å². The first-order valence-electron chi connectivity index (χ1n) is 5.02. The molecule has 0 aromatic rings. The Labute approximate surface area is 97.5 Å². The van der Waals surface area contributed by atoms with Crippen molar-refractivity contribution in [3.05, 3.63) is 0 Å². The van der Waals surface area contributed by atoms with Crippen LogP contribution in [-0.2, 0) is 9.47 Å². The van der Waals surface area contributed by atoms with Crippen LogP contribution < -0.4 is 0 Å². The fourth-order valence-corrected chi connectivity index (χ4v) is 1.09. The van der Waals surface area contributed by atoms with Crippen molar-refractivity contribution in [2.75, 3.05) is 0 Å². The second-order valence-corrected chi connectivity index (χ2v) is 4.22. The molecular formula is C13H18O3. The predicted molar refractivity (Wildman–Crippen MR) is 62.6 cm³/mol. The first kappa shape index (κ1) is 14.4. The van der Waals surface area contributed by atoms with Crippen LogP contribution in [0.15, 0.2) is 0 Å². The van der Waals surface area contributed by atoms with Crippen LogP contribution in [-0.4, -0.2) is 17.4 Å². The van der Waals surface area contributed by atoms with Crippen LogP contribution in [0.4, 0.5) is 4.79 Å². The minimum absolute atomic E-state index is 0.763. The Kier molecular flexibility index (Phi) is 4.92. The number of carbonyl (C=O) groups excluding carboxylic acids is 1. The molecule has 0 aliphatic heterocycles. The number of carbonyl (C=O) groups is 1. The third-order valence-electron chi connectivity index (χ3n) is 1.53. The van der Waals surface area contributed by atoms with E-state index < -0.39 is 17.4 Å². The Bertz CT molecular complexity index is 333. The highest BCUT2D eigenvalue weighted by atomic mass is 16.7. The van der Waals surface area contributed by atoms with Gasteiger partial charge in [-0.15, -0.1) is 11.8 Å². The van der Waals surface area contributed by atoms with Gasteiger partial charge in [-0.05, 0) is 41.5 Å².